The first kappa shape index (κ1) is 31.5. The number of anilines is 3. The molecule has 2 unspecified atom stereocenters. The molecule has 16 heteroatoms. The number of hydrogen-bond acceptors (Lipinski definition) is 12. The molecule has 3 aromatic carbocycles. The number of nitro groups is 1. The van der Waals surface area contributed by atoms with Gasteiger partial charge < -0.3 is 20.8 Å². The first-order valence-corrected chi connectivity index (χ1v) is 15.2. The number of rotatable bonds is 8. The Morgan fingerprint density at radius 2 is 1.61 bits per heavy atom. The lowest BCUT2D eigenvalue weighted by molar-refractivity contribution is -0.384. The zero-order valence-electron chi connectivity index (χ0n) is 24.7. The SMILES string of the molecule is CC1=NC(Nc2ccc(S(=O)(=O)Nc3nc(C)cc(C)n3)cc2)=NC(c2ccc(O)cc2O)C1C(=O)Nc1cccc([N+](=O)[O-])c1. The second-order valence-corrected chi connectivity index (χ2v) is 12.1. The molecule has 4 aromatic rings. The number of aromatic hydroxyl groups is 2. The van der Waals surface area contributed by atoms with Gasteiger partial charge in [0.15, 0.2) is 0 Å². The quantitative estimate of drug-likeness (QED) is 0.134. The fourth-order valence-electron chi connectivity index (χ4n) is 4.84. The van der Waals surface area contributed by atoms with Crippen molar-refractivity contribution in [3.05, 3.63) is 99.9 Å². The molecule has 0 fully saturated rings. The Morgan fingerprint density at radius 1 is 0.913 bits per heavy atom. The van der Waals surface area contributed by atoms with Gasteiger partial charge in [-0.15, -0.1) is 0 Å². The Kier molecular flexibility index (Phi) is 8.64. The van der Waals surface area contributed by atoms with E-state index in [9.17, 15) is 33.5 Å². The number of nitro benzene ring substituents is 1. The highest BCUT2D eigenvalue weighted by Crippen LogP contribution is 2.38. The summed E-state index contributed by atoms with van der Waals surface area (Å²) in [6.07, 6.45) is 0. The maximum absolute atomic E-state index is 13.5. The van der Waals surface area contributed by atoms with Crippen LogP contribution in [0.2, 0.25) is 0 Å². The number of nitrogens with one attached hydrogen (secondary N) is 3. The van der Waals surface area contributed by atoms with Gasteiger partial charge >= 0.3 is 0 Å². The molecule has 0 radical (unpaired) electrons. The van der Waals surface area contributed by atoms with Crippen molar-refractivity contribution in [3.63, 3.8) is 0 Å². The summed E-state index contributed by atoms with van der Waals surface area (Å²) < 4.78 is 28.2. The normalized spacial score (nSPS) is 16.2. The van der Waals surface area contributed by atoms with Gasteiger partial charge in [0.1, 0.15) is 17.4 Å². The van der Waals surface area contributed by atoms with E-state index in [2.05, 4.69) is 35.3 Å². The molecule has 0 saturated heterocycles. The predicted molar refractivity (Wildman–Crippen MR) is 171 cm³/mol. The lowest BCUT2D eigenvalue weighted by Gasteiger charge is -2.28. The molecule has 0 saturated carbocycles. The number of non-ortho nitro benzene ring substituents is 1. The maximum atomic E-state index is 13.5. The molecule has 1 amide bonds. The van der Waals surface area contributed by atoms with E-state index >= 15 is 0 Å². The van der Waals surface area contributed by atoms with Gasteiger partial charge in [-0.2, -0.15) is 0 Å². The smallest absolute Gasteiger partial charge is 0.271 e. The van der Waals surface area contributed by atoms with Gasteiger partial charge in [-0.1, -0.05) is 6.07 Å². The van der Waals surface area contributed by atoms with Crippen LogP contribution in [0.25, 0.3) is 0 Å². The molecule has 1 aromatic heterocycles. The van der Waals surface area contributed by atoms with E-state index in [0.717, 1.165) is 6.07 Å². The summed E-state index contributed by atoms with van der Waals surface area (Å²) in [5.41, 5.74) is 2.12. The van der Waals surface area contributed by atoms with Crippen LogP contribution >= 0.6 is 0 Å². The second-order valence-electron chi connectivity index (χ2n) is 10.4. The zero-order valence-corrected chi connectivity index (χ0v) is 25.5. The molecule has 5 rings (SSSR count). The topological polar surface area (TPSA) is 221 Å². The second kappa shape index (κ2) is 12.6. The number of phenols is 2. The van der Waals surface area contributed by atoms with E-state index in [0.29, 0.717) is 22.8 Å². The van der Waals surface area contributed by atoms with Gasteiger partial charge in [-0.3, -0.25) is 14.9 Å². The highest BCUT2D eigenvalue weighted by atomic mass is 32.2. The summed E-state index contributed by atoms with van der Waals surface area (Å²) >= 11 is 0. The molecule has 0 bridgehead atoms. The number of aliphatic imine (C=N–C) groups is 2. The molecular weight excluding hydrogens is 616 g/mol. The number of benzene rings is 3. The molecule has 5 N–H and O–H groups in total. The highest BCUT2D eigenvalue weighted by Gasteiger charge is 2.37. The number of aryl methyl sites for hydroxylation is 2. The molecule has 2 atom stereocenters. The van der Waals surface area contributed by atoms with Crippen molar-refractivity contribution in [2.75, 3.05) is 15.4 Å². The Balaban J connectivity index is 1.41. The third-order valence-corrected chi connectivity index (χ3v) is 8.22. The first-order chi connectivity index (χ1) is 21.8. The minimum absolute atomic E-state index is 0.0455. The fraction of sp³-hybridized carbons (Fsp3) is 0.167. The first-order valence-electron chi connectivity index (χ1n) is 13.7. The number of nitrogens with zero attached hydrogens (tertiary/aromatic N) is 5. The molecule has 0 aliphatic carbocycles. The number of hydrogen-bond donors (Lipinski definition) is 5. The number of sulfonamides is 1. The van der Waals surface area contributed by atoms with E-state index in [1.807, 2.05) is 0 Å². The van der Waals surface area contributed by atoms with Crippen LogP contribution in [0.4, 0.5) is 23.0 Å². The van der Waals surface area contributed by atoms with Crippen molar-refractivity contribution in [1.82, 2.24) is 9.97 Å². The molecular formula is C30H28N8O7S. The Bertz CT molecular complexity index is 1990. The van der Waals surface area contributed by atoms with Crippen molar-refractivity contribution < 1.29 is 28.3 Å². The minimum Gasteiger partial charge on any atom is -0.508 e. The van der Waals surface area contributed by atoms with E-state index in [4.69, 9.17) is 0 Å². The van der Waals surface area contributed by atoms with Gasteiger partial charge in [0.2, 0.25) is 17.8 Å². The summed E-state index contributed by atoms with van der Waals surface area (Å²) in [5.74, 6) is -2.13. The Morgan fingerprint density at radius 3 is 2.26 bits per heavy atom. The molecule has 236 valence electrons. The van der Waals surface area contributed by atoms with Crippen LogP contribution in [0.3, 0.4) is 0 Å². The van der Waals surface area contributed by atoms with Crippen LogP contribution in [-0.2, 0) is 14.8 Å². The van der Waals surface area contributed by atoms with Gasteiger partial charge in [-0.05, 0) is 69.3 Å². The van der Waals surface area contributed by atoms with E-state index in [1.54, 1.807) is 26.8 Å². The Labute approximate surface area is 263 Å². The number of guanidine groups is 1. The monoisotopic (exact) mass is 644 g/mol. The molecule has 2 heterocycles. The van der Waals surface area contributed by atoms with E-state index in [1.165, 1.54) is 60.7 Å². The van der Waals surface area contributed by atoms with Crippen LogP contribution in [-0.4, -0.2) is 51.1 Å². The molecule has 0 spiro atoms. The third-order valence-electron chi connectivity index (χ3n) is 6.88. The summed E-state index contributed by atoms with van der Waals surface area (Å²) in [4.78, 5) is 41.4. The van der Waals surface area contributed by atoms with Crippen molar-refractivity contribution in [2.45, 2.75) is 31.7 Å². The fourth-order valence-corrected chi connectivity index (χ4v) is 5.78. The van der Waals surface area contributed by atoms with Gasteiger partial charge in [-0.25, -0.2) is 33.1 Å². The minimum atomic E-state index is -4.00. The van der Waals surface area contributed by atoms with Crippen molar-refractivity contribution in [1.29, 1.82) is 0 Å². The lowest BCUT2D eigenvalue weighted by atomic mass is 9.87. The number of aromatic nitrogens is 2. The van der Waals surface area contributed by atoms with Crippen molar-refractivity contribution in [3.8, 4) is 11.5 Å². The predicted octanol–water partition coefficient (Wildman–Crippen LogP) is 4.45. The van der Waals surface area contributed by atoms with Gasteiger partial charge in [0, 0.05) is 52.2 Å². The van der Waals surface area contributed by atoms with Crippen LogP contribution in [0.5, 0.6) is 11.5 Å². The van der Waals surface area contributed by atoms with E-state index < -0.39 is 32.8 Å². The molecule has 1 aliphatic heterocycles. The molecule has 46 heavy (non-hydrogen) atoms. The third kappa shape index (κ3) is 7.07. The lowest BCUT2D eigenvalue weighted by Crippen LogP contribution is -2.37. The highest BCUT2D eigenvalue weighted by molar-refractivity contribution is 7.92. The average Bonchev–Trinajstić information content (AvgIpc) is 2.96. The maximum Gasteiger partial charge on any atom is 0.271 e. The van der Waals surface area contributed by atoms with E-state index in [-0.39, 0.29) is 45.2 Å². The van der Waals surface area contributed by atoms with Crippen molar-refractivity contribution in [2.24, 2.45) is 15.9 Å². The van der Waals surface area contributed by atoms with Crippen LogP contribution in [0.1, 0.15) is 29.9 Å². The summed E-state index contributed by atoms with van der Waals surface area (Å²) in [6, 6.07) is 15.7. The summed E-state index contributed by atoms with van der Waals surface area (Å²) in [6.45, 7) is 5.05. The Hall–Kier alpha value is -5.90. The number of amides is 1. The standard InChI is InChI=1S/C30H28N8O7S/c1-16-13-17(2)32-30(31-16)37-46(44,45)23-10-7-19(8-11-23)35-29-33-18(3)26(27(36-29)24-12-9-22(39)15-25(24)40)28(41)34-20-5-4-6-21(14-20)38(42)43/h4-15,26-27,39-40H,1-3H3,(H,34,41)(H,35,36)(H,31,32,37). The average molecular weight is 645 g/mol. The van der Waals surface area contributed by atoms with Gasteiger partial charge in [0.25, 0.3) is 15.7 Å². The largest absolute Gasteiger partial charge is 0.508 e. The number of phenolic OH excluding ortho intramolecular Hbond substituents is 2. The zero-order chi connectivity index (χ0) is 33.2. The summed E-state index contributed by atoms with van der Waals surface area (Å²) in [7, 11) is -4.00. The van der Waals surface area contributed by atoms with Gasteiger partial charge in [0.05, 0.1) is 15.9 Å². The van der Waals surface area contributed by atoms with Crippen LogP contribution in [0.15, 0.2) is 87.7 Å². The number of carbonyl (C=O) groups excluding carboxylic acids is 1. The number of carbonyl (C=O) groups is 1. The summed E-state index contributed by atoms with van der Waals surface area (Å²) in [5, 5.41) is 37.4. The molecule has 15 nitrogen and oxygen atoms in total. The molecule has 1 aliphatic rings. The van der Waals surface area contributed by atoms with Crippen molar-refractivity contribution >= 4 is 50.6 Å². The van der Waals surface area contributed by atoms with Crippen LogP contribution in [0, 0.1) is 29.9 Å². The van der Waals surface area contributed by atoms with Crippen LogP contribution < -0.4 is 15.4 Å².